The average Bonchev–Trinajstić information content (AvgIpc) is 3.22. The maximum absolute atomic E-state index is 3.67. The van der Waals surface area contributed by atoms with Gasteiger partial charge in [0.15, 0.2) is 0 Å². The predicted molar refractivity (Wildman–Crippen MR) is 223 cm³/mol. The van der Waals surface area contributed by atoms with E-state index in [0.29, 0.717) is 0 Å². The molecule has 0 aliphatic carbocycles. The molecule has 2 nitrogen and oxygen atoms in total. The van der Waals surface area contributed by atoms with Crippen LogP contribution in [0.4, 0.5) is 22.7 Å². The number of nitrogens with one attached hydrogen (secondary N) is 2. The Balaban J connectivity index is 0.894. The van der Waals surface area contributed by atoms with Crippen LogP contribution in [0.25, 0.3) is 66.1 Å². The molecule has 9 aromatic rings. The number of anilines is 4. The lowest BCUT2D eigenvalue weighted by Gasteiger charge is -2.14. The molecule has 0 radical (unpaired) electrons. The highest BCUT2D eigenvalue weighted by atomic mass is 14.9. The van der Waals surface area contributed by atoms with Crippen LogP contribution >= 0.6 is 0 Å². The predicted octanol–water partition coefficient (Wildman–Crippen LogP) is 14.1. The van der Waals surface area contributed by atoms with Crippen molar-refractivity contribution in [2.24, 2.45) is 0 Å². The average molecular weight is 665 g/mol. The molecule has 0 aliphatic heterocycles. The third kappa shape index (κ3) is 6.19. The monoisotopic (exact) mass is 664 g/mol. The van der Waals surface area contributed by atoms with E-state index in [1.807, 2.05) is 0 Å². The molecule has 0 fully saturated rings. The van der Waals surface area contributed by atoms with Gasteiger partial charge in [-0.2, -0.15) is 0 Å². The minimum Gasteiger partial charge on any atom is -0.355 e. The van der Waals surface area contributed by atoms with Crippen LogP contribution in [0.3, 0.4) is 0 Å². The fraction of sp³-hybridized carbons (Fsp3) is 0. The summed E-state index contributed by atoms with van der Waals surface area (Å²) in [6, 6.07) is 73.4. The number of hydrogen-bond donors (Lipinski definition) is 2. The van der Waals surface area contributed by atoms with Crippen molar-refractivity contribution in [3.05, 3.63) is 206 Å². The van der Waals surface area contributed by atoms with Crippen LogP contribution in [0.5, 0.6) is 0 Å². The Hall–Kier alpha value is -6.90. The second kappa shape index (κ2) is 13.8. The fourth-order valence-corrected chi connectivity index (χ4v) is 7.21. The van der Waals surface area contributed by atoms with Crippen LogP contribution in [-0.4, -0.2) is 0 Å². The van der Waals surface area contributed by atoms with E-state index in [0.717, 1.165) is 22.7 Å². The molecule has 2 heteroatoms. The number of hydrogen-bond acceptors (Lipinski definition) is 2. The van der Waals surface area contributed by atoms with Gasteiger partial charge in [-0.15, -0.1) is 0 Å². The second-order valence-corrected chi connectivity index (χ2v) is 13.1. The van der Waals surface area contributed by atoms with E-state index >= 15 is 0 Å². The van der Waals surface area contributed by atoms with Crippen LogP contribution < -0.4 is 10.6 Å². The van der Waals surface area contributed by atoms with E-state index in [-0.39, 0.29) is 0 Å². The molecular formula is C50H36N2. The number of benzene rings is 9. The van der Waals surface area contributed by atoms with Gasteiger partial charge in [-0.3, -0.25) is 0 Å². The zero-order valence-corrected chi connectivity index (χ0v) is 28.6. The van der Waals surface area contributed by atoms with Crippen LogP contribution in [0.15, 0.2) is 206 Å². The number of rotatable bonds is 8. The second-order valence-electron chi connectivity index (χ2n) is 13.1. The summed E-state index contributed by atoms with van der Waals surface area (Å²) in [5, 5.41) is 12.2. The summed E-state index contributed by atoms with van der Waals surface area (Å²) < 4.78 is 0. The van der Waals surface area contributed by atoms with Gasteiger partial charge < -0.3 is 10.6 Å². The third-order valence-corrected chi connectivity index (χ3v) is 9.90. The highest BCUT2D eigenvalue weighted by Crippen LogP contribution is 2.37. The topological polar surface area (TPSA) is 24.1 Å². The van der Waals surface area contributed by atoms with Crippen molar-refractivity contribution in [2.75, 3.05) is 10.6 Å². The van der Waals surface area contributed by atoms with Gasteiger partial charge in [0.25, 0.3) is 0 Å². The van der Waals surface area contributed by atoms with Crippen molar-refractivity contribution in [3.63, 3.8) is 0 Å². The summed E-state index contributed by atoms with van der Waals surface area (Å²) >= 11 is 0. The maximum atomic E-state index is 3.67. The highest BCUT2D eigenvalue weighted by molar-refractivity contribution is 6.05. The van der Waals surface area contributed by atoms with Crippen molar-refractivity contribution >= 4 is 44.3 Å². The molecule has 9 aromatic carbocycles. The Morgan fingerprint density at radius 3 is 0.885 bits per heavy atom. The molecule has 0 heterocycles. The molecule has 0 bridgehead atoms. The van der Waals surface area contributed by atoms with Crippen molar-refractivity contribution in [1.82, 2.24) is 0 Å². The summed E-state index contributed by atoms with van der Waals surface area (Å²) in [5.41, 5.74) is 14.0. The van der Waals surface area contributed by atoms with Crippen LogP contribution in [0.1, 0.15) is 0 Å². The molecule has 0 amide bonds. The van der Waals surface area contributed by atoms with E-state index in [1.54, 1.807) is 0 Å². The molecule has 9 rings (SSSR count). The molecule has 0 atom stereocenters. The van der Waals surface area contributed by atoms with E-state index in [4.69, 9.17) is 0 Å². The minimum absolute atomic E-state index is 1.06. The van der Waals surface area contributed by atoms with Gasteiger partial charge in [0.05, 0.1) is 0 Å². The molecule has 52 heavy (non-hydrogen) atoms. The third-order valence-electron chi connectivity index (χ3n) is 9.90. The van der Waals surface area contributed by atoms with Crippen molar-refractivity contribution in [2.45, 2.75) is 0 Å². The standard InChI is InChI=1S/C50H36N2/c1-3-11-39(12-4-1)43-31-33-49(47-17-9-7-15-45(43)47)51-41-27-23-37(24-28-41)35-19-21-36(22-20-35)38-25-29-42(30-26-38)52-50-34-32-44(40-13-5-2-6-14-40)46-16-8-10-18-48(46)50/h1-34,51-52H. The molecule has 0 aliphatic rings. The maximum Gasteiger partial charge on any atom is 0.0464 e. The van der Waals surface area contributed by atoms with Gasteiger partial charge >= 0.3 is 0 Å². The van der Waals surface area contributed by atoms with E-state index in [2.05, 4.69) is 217 Å². The zero-order chi connectivity index (χ0) is 34.7. The van der Waals surface area contributed by atoms with E-state index in [9.17, 15) is 0 Å². The Bertz CT molecular complexity index is 2440. The summed E-state index contributed by atoms with van der Waals surface area (Å²) in [4.78, 5) is 0. The smallest absolute Gasteiger partial charge is 0.0464 e. The lowest BCUT2D eigenvalue weighted by atomic mass is 9.97. The van der Waals surface area contributed by atoms with E-state index < -0.39 is 0 Å². The lowest BCUT2D eigenvalue weighted by Crippen LogP contribution is -1.93. The quantitative estimate of drug-likeness (QED) is 0.169. The summed E-state index contributed by atoms with van der Waals surface area (Å²) in [7, 11) is 0. The zero-order valence-electron chi connectivity index (χ0n) is 28.6. The molecule has 0 aromatic heterocycles. The minimum atomic E-state index is 1.06. The van der Waals surface area contributed by atoms with Crippen LogP contribution in [-0.2, 0) is 0 Å². The van der Waals surface area contributed by atoms with Crippen molar-refractivity contribution in [3.8, 4) is 44.5 Å². The molecule has 2 N–H and O–H groups in total. The van der Waals surface area contributed by atoms with Crippen LogP contribution in [0.2, 0.25) is 0 Å². The Morgan fingerprint density at radius 1 is 0.212 bits per heavy atom. The van der Waals surface area contributed by atoms with Gasteiger partial charge in [0.2, 0.25) is 0 Å². The lowest BCUT2D eigenvalue weighted by molar-refractivity contribution is 1.54. The Morgan fingerprint density at radius 2 is 0.519 bits per heavy atom. The van der Waals surface area contributed by atoms with Gasteiger partial charge in [0.1, 0.15) is 0 Å². The van der Waals surface area contributed by atoms with Crippen molar-refractivity contribution in [1.29, 1.82) is 0 Å². The van der Waals surface area contributed by atoms with Crippen molar-refractivity contribution < 1.29 is 0 Å². The first kappa shape index (κ1) is 31.1. The normalized spacial score (nSPS) is 11.1. The number of fused-ring (bicyclic) bond motifs is 2. The largest absolute Gasteiger partial charge is 0.355 e. The molecule has 0 unspecified atom stereocenters. The Labute approximate surface area is 304 Å². The summed E-state index contributed by atoms with van der Waals surface area (Å²) in [6.07, 6.45) is 0. The first-order valence-corrected chi connectivity index (χ1v) is 17.8. The van der Waals surface area contributed by atoms with Gasteiger partial charge in [-0.25, -0.2) is 0 Å². The van der Waals surface area contributed by atoms with Crippen LogP contribution in [0, 0.1) is 0 Å². The molecule has 0 saturated carbocycles. The molecule has 246 valence electrons. The molecule has 0 saturated heterocycles. The highest BCUT2D eigenvalue weighted by Gasteiger charge is 2.10. The van der Waals surface area contributed by atoms with E-state index in [1.165, 1.54) is 66.1 Å². The van der Waals surface area contributed by atoms with Gasteiger partial charge in [-0.05, 0) is 91.7 Å². The fourth-order valence-electron chi connectivity index (χ4n) is 7.21. The Kier molecular flexibility index (Phi) is 8.24. The molecular weight excluding hydrogens is 629 g/mol. The molecule has 0 spiro atoms. The summed E-state index contributed by atoms with van der Waals surface area (Å²) in [5.74, 6) is 0. The first-order chi connectivity index (χ1) is 25.8. The van der Waals surface area contributed by atoms with Gasteiger partial charge in [0, 0.05) is 33.5 Å². The first-order valence-electron chi connectivity index (χ1n) is 17.8. The SMILES string of the molecule is c1ccc(-c2ccc(Nc3ccc(-c4ccc(-c5ccc(Nc6ccc(-c7ccccc7)c7ccccc67)cc5)cc4)cc3)c3ccccc23)cc1. The summed E-state index contributed by atoms with van der Waals surface area (Å²) in [6.45, 7) is 0. The van der Waals surface area contributed by atoms with Gasteiger partial charge in [-0.1, -0.05) is 170 Å².